The van der Waals surface area contributed by atoms with Crippen molar-refractivity contribution in [2.24, 2.45) is 11.7 Å². The maximum Gasteiger partial charge on any atom is 0.270 e. The van der Waals surface area contributed by atoms with Gasteiger partial charge in [0.15, 0.2) is 5.78 Å². The number of aryl methyl sites for hydroxylation is 1. The van der Waals surface area contributed by atoms with Crippen molar-refractivity contribution < 1.29 is 9.59 Å². The van der Waals surface area contributed by atoms with Crippen LogP contribution in [-0.4, -0.2) is 40.7 Å². The second-order valence-corrected chi connectivity index (χ2v) is 6.19. The van der Waals surface area contributed by atoms with Crippen molar-refractivity contribution in [3.05, 3.63) is 22.5 Å². The Bertz CT molecular complexity index is 560. The van der Waals surface area contributed by atoms with E-state index in [-0.39, 0.29) is 17.7 Å². The quantitative estimate of drug-likeness (QED) is 0.836. The number of nitrogens with two attached hydrogens (primary N) is 1. The topological polar surface area (TPSA) is 79.2 Å². The summed E-state index contributed by atoms with van der Waals surface area (Å²) >= 11 is 0. The number of aromatic nitrogens is 1. The number of rotatable bonds is 3. The van der Waals surface area contributed by atoms with E-state index in [1.165, 1.54) is 6.92 Å². The molecule has 1 aromatic heterocycles. The van der Waals surface area contributed by atoms with E-state index in [1.54, 1.807) is 0 Å². The number of Topliss-reactive ketones (excluding diaryl/α,β-unsaturated/α-hetero) is 1. The number of carbonyl (C=O) groups is 2. The Kier molecular flexibility index (Phi) is 4.52. The molecule has 0 bridgehead atoms. The van der Waals surface area contributed by atoms with Gasteiger partial charge in [0.1, 0.15) is 5.69 Å². The number of likely N-dealkylation sites (tertiary alicyclic amines) is 1. The number of hydrogen-bond acceptors (Lipinski definition) is 3. The number of carbonyl (C=O) groups excluding carboxylic acids is 2. The third kappa shape index (κ3) is 3.02. The fourth-order valence-corrected chi connectivity index (χ4v) is 3.27. The van der Waals surface area contributed by atoms with E-state index in [0.29, 0.717) is 23.7 Å². The molecule has 1 aromatic rings. The smallest absolute Gasteiger partial charge is 0.270 e. The molecular weight excluding hydrogens is 266 g/mol. The molecule has 1 fully saturated rings. The molecule has 0 aromatic carbocycles. The van der Waals surface area contributed by atoms with E-state index in [4.69, 9.17) is 5.73 Å². The minimum absolute atomic E-state index is 0.00704. The Labute approximate surface area is 125 Å². The molecule has 3 N–H and O–H groups in total. The lowest BCUT2D eigenvalue weighted by Gasteiger charge is -2.34. The standard InChI is InChI=1S/C16H25N3O2/c1-9-14(12(4)20)11(3)18-15(9)16(21)19-7-5-6-13(8-19)10(2)17/h10,13,18H,5-8,17H2,1-4H3. The van der Waals surface area contributed by atoms with Crippen molar-refractivity contribution >= 4 is 11.7 Å². The Balaban J connectivity index is 2.24. The van der Waals surface area contributed by atoms with Gasteiger partial charge in [-0.05, 0) is 52.0 Å². The van der Waals surface area contributed by atoms with Gasteiger partial charge >= 0.3 is 0 Å². The van der Waals surface area contributed by atoms with Gasteiger partial charge in [-0.2, -0.15) is 0 Å². The van der Waals surface area contributed by atoms with Gasteiger partial charge in [-0.1, -0.05) is 0 Å². The van der Waals surface area contributed by atoms with Crippen LogP contribution in [0.1, 0.15) is 58.8 Å². The number of amides is 1. The van der Waals surface area contributed by atoms with Crippen molar-refractivity contribution in [1.29, 1.82) is 0 Å². The zero-order chi connectivity index (χ0) is 15.7. The molecule has 1 amide bonds. The van der Waals surface area contributed by atoms with Crippen LogP contribution >= 0.6 is 0 Å². The number of nitrogens with one attached hydrogen (secondary N) is 1. The second-order valence-electron chi connectivity index (χ2n) is 6.19. The molecule has 1 saturated heterocycles. The minimum Gasteiger partial charge on any atom is -0.354 e. The number of nitrogens with zero attached hydrogens (tertiary/aromatic N) is 1. The van der Waals surface area contributed by atoms with Crippen LogP contribution in [-0.2, 0) is 0 Å². The summed E-state index contributed by atoms with van der Waals surface area (Å²) in [5, 5.41) is 0. The molecule has 0 aliphatic carbocycles. The summed E-state index contributed by atoms with van der Waals surface area (Å²) in [5.74, 6) is 0.326. The van der Waals surface area contributed by atoms with Gasteiger partial charge in [0.25, 0.3) is 5.91 Å². The largest absolute Gasteiger partial charge is 0.354 e. The minimum atomic E-state index is -0.0200. The molecule has 2 unspecified atom stereocenters. The lowest BCUT2D eigenvalue weighted by molar-refractivity contribution is 0.0655. The fourth-order valence-electron chi connectivity index (χ4n) is 3.27. The van der Waals surface area contributed by atoms with Crippen LogP contribution in [0.2, 0.25) is 0 Å². The molecule has 2 rings (SSSR count). The lowest BCUT2D eigenvalue weighted by Crippen LogP contribution is -2.45. The zero-order valence-electron chi connectivity index (χ0n) is 13.3. The van der Waals surface area contributed by atoms with Crippen LogP contribution in [0, 0.1) is 19.8 Å². The van der Waals surface area contributed by atoms with Gasteiger partial charge in [0.05, 0.1) is 0 Å². The highest BCUT2D eigenvalue weighted by Gasteiger charge is 2.29. The van der Waals surface area contributed by atoms with Gasteiger partial charge in [0.2, 0.25) is 0 Å². The molecule has 2 heterocycles. The summed E-state index contributed by atoms with van der Waals surface area (Å²) in [7, 11) is 0. The molecule has 5 heteroatoms. The monoisotopic (exact) mass is 291 g/mol. The van der Waals surface area contributed by atoms with Crippen molar-refractivity contribution in [3.63, 3.8) is 0 Å². The van der Waals surface area contributed by atoms with Gasteiger partial charge < -0.3 is 15.6 Å². The third-order valence-electron chi connectivity index (χ3n) is 4.49. The van der Waals surface area contributed by atoms with E-state index in [0.717, 1.165) is 30.6 Å². The predicted molar refractivity (Wildman–Crippen MR) is 82.5 cm³/mol. The van der Waals surface area contributed by atoms with E-state index < -0.39 is 0 Å². The molecule has 1 aliphatic rings. The van der Waals surface area contributed by atoms with E-state index in [1.807, 2.05) is 25.7 Å². The Morgan fingerprint density at radius 3 is 2.57 bits per heavy atom. The van der Waals surface area contributed by atoms with Gasteiger partial charge in [-0.3, -0.25) is 9.59 Å². The van der Waals surface area contributed by atoms with Gasteiger partial charge in [-0.25, -0.2) is 0 Å². The maximum atomic E-state index is 12.7. The predicted octanol–water partition coefficient (Wildman–Crippen LogP) is 2.03. The Hall–Kier alpha value is -1.62. The number of hydrogen-bond donors (Lipinski definition) is 2. The molecule has 21 heavy (non-hydrogen) atoms. The first-order valence-electron chi connectivity index (χ1n) is 7.57. The van der Waals surface area contributed by atoms with Crippen molar-refractivity contribution in [2.75, 3.05) is 13.1 Å². The summed E-state index contributed by atoms with van der Waals surface area (Å²) in [6, 6.07) is 0.0971. The normalized spacial score (nSPS) is 20.4. The highest BCUT2D eigenvalue weighted by Crippen LogP contribution is 2.24. The van der Waals surface area contributed by atoms with Crippen LogP contribution in [0.25, 0.3) is 0 Å². The molecule has 5 nitrogen and oxygen atoms in total. The van der Waals surface area contributed by atoms with Crippen molar-refractivity contribution in [3.8, 4) is 0 Å². The Morgan fingerprint density at radius 1 is 1.38 bits per heavy atom. The summed E-state index contributed by atoms with van der Waals surface area (Å²) in [5.41, 5.74) is 8.68. The molecular formula is C16H25N3O2. The average molecular weight is 291 g/mol. The summed E-state index contributed by atoms with van der Waals surface area (Å²) in [4.78, 5) is 29.4. The summed E-state index contributed by atoms with van der Waals surface area (Å²) < 4.78 is 0. The zero-order valence-corrected chi connectivity index (χ0v) is 13.3. The molecule has 0 radical (unpaired) electrons. The average Bonchev–Trinajstić information content (AvgIpc) is 2.73. The van der Waals surface area contributed by atoms with Crippen molar-refractivity contribution in [1.82, 2.24) is 9.88 Å². The Morgan fingerprint density at radius 2 is 2.05 bits per heavy atom. The lowest BCUT2D eigenvalue weighted by atomic mass is 9.92. The van der Waals surface area contributed by atoms with Crippen LogP contribution in [0.4, 0.5) is 0 Å². The van der Waals surface area contributed by atoms with E-state index in [2.05, 4.69) is 4.98 Å². The maximum absolute atomic E-state index is 12.7. The number of ketones is 1. The van der Waals surface area contributed by atoms with Crippen LogP contribution < -0.4 is 5.73 Å². The first kappa shape index (κ1) is 15.8. The second kappa shape index (κ2) is 6.02. The first-order valence-corrected chi connectivity index (χ1v) is 7.57. The SMILES string of the molecule is CC(=O)c1c(C)[nH]c(C(=O)N2CCCC(C(C)N)C2)c1C. The number of aromatic amines is 1. The van der Waals surface area contributed by atoms with Gasteiger partial charge in [0, 0.05) is 30.4 Å². The molecule has 0 spiro atoms. The summed E-state index contributed by atoms with van der Waals surface area (Å²) in [6.45, 7) is 8.65. The first-order chi connectivity index (χ1) is 9.82. The van der Waals surface area contributed by atoms with Crippen molar-refractivity contribution in [2.45, 2.75) is 46.6 Å². The third-order valence-corrected chi connectivity index (χ3v) is 4.49. The van der Waals surface area contributed by atoms with Crippen LogP contribution in [0.5, 0.6) is 0 Å². The summed E-state index contributed by atoms with van der Waals surface area (Å²) in [6.07, 6.45) is 2.05. The van der Waals surface area contributed by atoms with Crippen LogP contribution in [0.15, 0.2) is 0 Å². The number of piperidine rings is 1. The fraction of sp³-hybridized carbons (Fsp3) is 0.625. The molecule has 2 atom stereocenters. The van der Waals surface area contributed by atoms with Crippen LogP contribution in [0.3, 0.4) is 0 Å². The van der Waals surface area contributed by atoms with E-state index in [9.17, 15) is 9.59 Å². The molecule has 0 saturated carbocycles. The number of H-pyrrole nitrogens is 1. The highest BCUT2D eigenvalue weighted by molar-refractivity contribution is 6.02. The van der Waals surface area contributed by atoms with E-state index >= 15 is 0 Å². The highest BCUT2D eigenvalue weighted by atomic mass is 16.2. The molecule has 116 valence electrons. The molecule has 1 aliphatic heterocycles. The van der Waals surface area contributed by atoms with Gasteiger partial charge in [-0.15, -0.1) is 0 Å².